The number of hydrogen-bond donors (Lipinski definition) is 1. The van der Waals surface area contributed by atoms with E-state index in [4.69, 9.17) is 0 Å². The van der Waals surface area contributed by atoms with Crippen LogP contribution in [0.15, 0.2) is 35.9 Å². The molecule has 1 aromatic carbocycles. The Morgan fingerprint density at radius 2 is 1.87 bits per heavy atom. The number of hydrogen-bond acceptors (Lipinski definition) is 5. The molecule has 1 saturated heterocycles. The molecule has 1 aromatic heterocycles. The number of piperidine rings is 1. The largest absolute Gasteiger partial charge is 0.349 e. The van der Waals surface area contributed by atoms with E-state index in [2.05, 4.69) is 35.2 Å². The Balaban J connectivity index is 1.55. The molecule has 1 N–H and O–H groups in total. The van der Waals surface area contributed by atoms with E-state index >= 15 is 0 Å². The number of aromatic nitrogens is 2. The number of aryl methyl sites for hydroxylation is 1. The first-order valence-electron chi connectivity index (χ1n) is 10.7. The number of nitrogens with one attached hydrogen (secondary N) is 1. The molecule has 2 heterocycles. The standard InChI is InChI=1S/C23H31N5O3/c1-16(2)9-12-26-13-10-21(11-14-26)24-23(29)20-7-5-19(6-8-20)15-27-18(4)22(28(30)31)17(3)25-27/h5-9,21H,10-15H2,1-4H3,(H,24,29). The average Bonchev–Trinajstić information content (AvgIpc) is 3.01. The fourth-order valence-corrected chi connectivity index (χ4v) is 3.88. The van der Waals surface area contributed by atoms with Crippen LogP contribution in [0.5, 0.6) is 0 Å². The Hall–Kier alpha value is -3.00. The number of allylic oxidation sites excluding steroid dienone is 1. The number of likely N-dealkylation sites (tertiary alicyclic amines) is 1. The lowest BCUT2D eigenvalue weighted by Gasteiger charge is -2.31. The van der Waals surface area contributed by atoms with Gasteiger partial charge in [-0.05, 0) is 58.2 Å². The monoisotopic (exact) mass is 425 g/mol. The van der Waals surface area contributed by atoms with Crippen molar-refractivity contribution in [3.8, 4) is 0 Å². The SMILES string of the molecule is CC(C)=CCN1CCC(NC(=O)c2ccc(Cn3nc(C)c([N+](=O)[O-])c3C)cc2)CC1. The second kappa shape index (κ2) is 9.87. The third kappa shape index (κ3) is 5.79. The van der Waals surface area contributed by atoms with Gasteiger partial charge < -0.3 is 5.32 Å². The maximum atomic E-state index is 12.6. The van der Waals surface area contributed by atoms with E-state index in [0.717, 1.165) is 38.0 Å². The second-order valence-electron chi connectivity index (χ2n) is 8.46. The van der Waals surface area contributed by atoms with Crippen LogP contribution in [0, 0.1) is 24.0 Å². The first-order chi connectivity index (χ1) is 14.7. The Morgan fingerprint density at radius 1 is 1.23 bits per heavy atom. The Labute approximate surface area is 183 Å². The predicted molar refractivity (Wildman–Crippen MR) is 120 cm³/mol. The summed E-state index contributed by atoms with van der Waals surface area (Å²) < 4.78 is 1.63. The molecule has 0 unspecified atom stereocenters. The molecule has 1 amide bonds. The molecule has 8 heteroatoms. The van der Waals surface area contributed by atoms with Crippen LogP contribution in [0.1, 0.15) is 54.0 Å². The van der Waals surface area contributed by atoms with Crippen LogP contribution < -0.4 is 5.32 Å². The van der Waals surface area contributed by atoms with Crippen molar-refractivity contribution in [2.75, 3.05) is 19.6 Å². The molecule has 166 valence electrons. The van der Waals surface area contributed by atoms with Gasteiger partial charge in [-0.15, -0.1) is 0 Å². The van der Waals surface area contributed by atoms with E-state index in [0.29, 0.717) is 23.5 Å². The molecule has 31 heavy (non-hydrogen) atoms. The van der Waals surface area contributed by atoms with Gasteiger partial charge in [-0.3, -0.25) is 24.5 Å². The molecule has 0 bridgehead atoms. The van der Waals surface area contributed by atoms with Crippen molar-refractivity contribution in [2.45, 2.75) is 53.1 Å². The van der Waals surface area contributed by atoms with E-state index in [1.165, 1.54) is 5.57 Å². The van der Waals surface area contributed by atoms with Gasteiger partial charge in [0.15, 0.2) is 0 Å². The summed E-state index contributed by atoms with van der Waals surface area (Å²) in [4.78, 5) is 25.8. The summed E-state index contributed by atoms with van der Waals surface area (Å²) in [6, 6.07) is 7.55. The fraction of sp³-hybridized carbons (Fsp3) is 0.478. The van der Waals surface area contributed by atoms with Crippen molar-refractivity contribution in [3.63, 3.8) is 0 Å². The number of carbonyl (C=O) groups excluding carboxylic acids is 1. The van der Waals surface area contributed by atoms with Gasteiger partial charge in [-0.1, -0.05) is 23.8 Å². The normalized spacial score (nSPS) is 15.0. The third-order valence-electron chi connectivity index (χ3n) is 5.75. The summed E-state index contributed by atoms with van der Waals surface area (Å²) in [5.41, 5.74) is 3.88. The van der Waals surface area contributed by atoms with Gasteiger partial charge in [0, 0.05) is 31.2 Å². The number of nitro groups is 1. The highest BCUT2D eigenvalue weighted by Gasteiger charge is 2.22. The van der Waals surface area contributed by atoms with E-state index in [1.54, 1.807) is 30.7 Å². The van der Waals surface area contributed by atoms with Crippen LogP contribution in [-0.4, -0.2) is 51.2 Å². The van der Waals surface area contributed by atoms with Gasteiger partial charge in [0.25, 0.3) is 5.91 Å². The number of amides is 1. The quantitative estimate of drug-likeness (QED) is 0.415. The van der Waals surface area contributed by atoms with Crippen molar-refractivity contribution in [2.24, 2.45) is 0 Å². The second-order valence-corrected chi connectivity index (χ2v) is 8.46. The first kappa shape index (κ1) is 22.7. The van der Waals surface area contributed by atoms with Crippen LogP contribution in [-0.2, 0) is 6.54 Å². The van der Waals surface area contributed by atoms with Crippen molar-refractivity contribution in [1.29, 1.82) is 0 Å². The van der Waals surface area contributed by atoms with Gasteiger partial charge in [0.1, 0.15) is 11.4 Å². The van der Waals surface area contributed by atoms with E-state index in [1.807, 2.05) is 12.1 Å². The van der Waals surface area contributed by atoms with Crippen LogP contribution >= 0.6 is 0 Å². The Morgan fingerprint density at radius 3 is 2.42 bits per heavy atom. The molecule has 0 atom stereocenters. The minimum atomic E-state index is -0.395. The molecule has 8 nitrogen and oxygen atoms in total. The van der Waals surface area contributed by atoms with Crippen molar-refractivity contribution in [1.82, 2.24) is 20.0 Å². The molecule has 0 spiro atoms. The maximum absolute atomic E-state index is 12.6. The lowest BCUT2D eigenvalue weighted by molar-refractivity contribution is -0.386. The van der Waals surface area contributed by atoms with E-state index < -0.39 is 4.92 Å². The first-order valence-corrected chi connectivity index (χ1v) is 10.7. The highest BCUT2D eigenvalue weighted by Crippen LogP contribution is 2.22. The number of rotatable bonds is 7. The van der Waals surface area contributed by atoms with Crippen LogP contribution in [0.4, 0.5) is 5.69 Å². The summed E-state index contributed by atoms with van der Waals surface area (Å²) in [6.45, 7) is 10.9. The zero-order valence-corrected chi connectivity index (χ0v) is 18.7. The summed E-state index contributed by atoms with van der Waals surface area (Å²) in [5, 5.41) is 18.6. The minimum Gasteiger partial charge on any atom is -0.349 e. The van der Waals surface area contributed by atoms with Crippen LogP contribution in [0.3, 0.4) is 0 Å². The third-order valence-corrected chi connectivity index (χ3v) is 5.75. The molecular weight excluding hydrogens is 394 g/mol. The smallest absolute Gasteiger partial charge is 0.312 e. The molecule has 0 aliphatic carbocycles. The van der Waals surface area contributed by atoms with Crippen molar-refractivity contribution < 1.29 is 9.72 Å². The summed E-state index contributed by atoms with van der Waals surface area (Å²) >= 11 is 0. The molecule has 1 aliphatic rings. The Kier molecular flexibility index (Phi) is 7.22. The van der Waals surface area contributed by atoms with Crippen LogP contribution in [0.25, 0.3) is 0 Å². The summed E-state index contributed by atoms with van der Waals surface area (Å²) in [7, 11) is 0. The Bertz CT molecular complexity index is 966. The number of carbonyl (C=O) groups is 1. The van der Waals surface area contributed by atoms with Crippen LogP contribution in [0.2, 0.25) is 0 Å². The van der Waals surface area contributed by atoms with Crippen molar-refractivity contribution in [3.05, 3.63) is 68.5 Å². The lowest BCUT2D eigenvalue weighted by Crippen LogP contribution is -2.44. The molecule has 3 rings (SSSR count). The number of nitrogens with zero attached hydrogens (tertiary/aromatic N) is 4. The maximum Gasteiger partial charge on any atom is 0.312 e. The lowest BCUT2D eigenvalue weighted by atomic mass is 10.0. The average molecular weight is 426 g/mol. The molecule has 1 aliphatic heterocycles. The number of benzene rings is 1. The summed E-state index contributed by atoms with van der Waals surface area (Å²) in [5.74, 6) is -0.0592. The summed E-state index contributed by atoms with van der Waals surface area (Å²) in [6.07, 6.45) is 4.15. The zero-order chi connectivity index (χ0) is 22.5. The molecule has 1 fully saturated rings. The highest BCUT2D eigenvalue weighted by atomic mass is 16.6. The minimum absolute atomic E-state index is 0.0582. The predicted octanol–water partition coefficient (Wildman–Crippen LogP) is 3.62. The van der Waals surface area contributed by atoms with Gasteiger partial charge in [-0.25, -0.2) is 0 Å². The topological polar surface area (TPSA) is 93.3 Å². The highest BCUT2D eigenvalue weighted by molar-refractivity contribution is 5.94. The molecule has 0 saturated carbocycles. The fourth-order valence-electron chi connectivity index (χ4n) is 3.88. The molecule has 2 aromatic rings. The van der Waals surface area contributed by atoms with Crippen molar-refractivity contribution >= 4 is 11.6 Å². The zero-order valence-electron chi connectivity index (χ0n) is 18.7. The molecular formula is C23H31N5O3. The van der Waals surface area contributed by atoms with E-state index in [-0.39, 0.29) is 17.6 Å². The van der Waals surface area contributed by atoms with Gasteiger partial charge in [0.05, 0.1) is 11.5 Å². The van der Waals surface area contributed by atoms with Gasteiger partial charge in [-0.2, -0.15) is 5.10 Å². The van der Waals surface area contributed by atoms with E-state index in [9.17, 15) is 14.9 Å². The van der Waals surface area contributed by atoms with Gasteiger partial charge in [0.2, 0.25) is 0 Å². The van der Waals surface area contributed by atoms with Gasteiger partial charge >= 0.3 is 5.69 Å². The molecule has 0 radical (unpaired) electrons.